The summed E-state index contributed by atoms with van der Waals surface area (Å²) < 4.78 is 7.57. The highest BCUT2D eigenvalue weighted by Gasteiger charge is 2.13. The summed E-state index contributed by atoms with van der Waals surface area (Å²) in [6.07, 6.45) is 3.75. The van der Waals surface area contributed by atoms with Crippen LogP contribution in [0.2, 0.25) is 0 Å². The topological polar surface area (TPSA) is 62.9 Å². The molecule has 0 bridgehead atoms. The van der Waals surface area contributed by atoms with E-state index in [4.69, 9.17) is 10.00 Å². The lowest BCUT2D eigenvalue weighted by Gasteiger charge is -2.21. The van der Waals surface area contributed by atoms with Gasteiger partial charge in [-0.25, -0.2) is 0 Å². The summed E-state index contributed by atoms with van der Waals surface area (Å²) in [6.45, 7) is 5.55. The third-order valence-electron chi connectivity index (χ3n) is 3.47. The highest BCUT2D eigenvalue weighted by Crippen LogP contribution is 2.12. The second-order valence-corrected chi connectivity index (χ2v) is 4.96. The molecule has 0 saturated carbocycles. The van der Waals surface area contributed by atoms with E-state index in [0.29, 0.717) is 18.2 Å². The summed E-state index contributed by atoms with van der Waals surface area (Å²) in [4.78, 5) is 0. The molecule has 0 spiro atoms. The van der Waals surface area contributed by atoms with Crippen molar-refractivity contribution in [1.82, 2.24) is 15.1 Å². The summed E-state index contributed by atoms with van der Waals surface area (Å²) in [5.41, 5.74) is 0.612. The van der Waals surface area contributed by atoms with E-state index in [1.807, 2.05) is 29.1 Å². The number of hydrogen-bond donors (Lipinski definition) is 1. The molecule has 0 unspecified atom stereocenters. The number of rotatable bonds is 7. The maximum atomic E-state index is 8.83. The molecule has 2 aromatic rings. The van der Waals surface area contributed by atoms with Gasteiger partial charge in [0.05, 0.1) is 17.7 Å². The van der Waals surface area contributed by atoms with Crippen molar-refractivity contribution in [2.75, 3.05) is 13.2 Å². The molecule has 1 heterocycles. The fourth-order valence-corrected chi connectivity index (χ4v) is 2.03. The number of aromatic nitrogens is 2. The van der Waals surface area contributed by atoms with E-state index >= 15 is 0 Å². The van der Waals surface area contributed by atoms with Gasteiger partial charge in [-0.05, 0) is 38.1 Å². The molecule has 5 heteroatoms. The zero-order valence-electron chi connectivity index (χ0n) is 12.4. The van der Waals surface area contributed by atoms with E-state index in [2.05, 4.69) is 30.3 Å². The first-order chi connectivity index (χ1) is 10.2. The monoisotopic (exact) mass is 284 g/mol. The van der Waals surface area contributed by atoms with Gasteiger partial charge in [0.25, 0.3) is 0 Å². The second kappa shape index (κ2) is 7.46. The standard InChI is InChI=1S/C16H20N4O/c1-13(14(2)20-9-4-7-19-20)18-8-10-21-16-6-3-5-15(11-16)12-17/h3-7,9,11,13-14,18H,8,10H2,1-2H3/t13-,14+/m1/s1. The minimum Gasteiger partial charge on any atom is -0.492 e. The van der Waals surface area contributed by atoms with Crippen LogP contribution < -0.4 is 10.1 Å². The molecular formula is C16H20N4O. The lowest BCUT2D eigenvalue weighted by Crippen LogP contribution is -2.36. The van der Waals surface area contributed by atoms with Crippen molar-refractivity contribution in [2.24, 2.45) is 0 Å². The predicted molar refractivity (Wildman–Crippen MR) is 81.1 cm³/mol. The van der Waals surface area contributed by atoms with Crippen molar-refractivity contribution in [3.63, 3.8) is 0 Å². The van der Waals surface area contributed by atoms with Crippen molar-refractivity contribution < 1.29 is 4.74 Å². The number of nitrogens with one attached hydrogen (secondary N) is 1. The largest absolute Gasteiger partial charge is 0.492 e. The van der Waals surface area contributed by atoms with E-state index in [1.165, 1.54) is 0 Å². The highest BCUT2D eigenvalue weighted by molar-refractivity contribution is 5.36. The Morgan fingerprint density at radius 2 is 2.24 bits per heavy atom. The van der Waals surface area contributed by atoms with Gasteiger partial charge >= 0.3 is 0 Å². The van der Waals surface area contributed by atoms with Crippen LogP contribution in [-0.2, 0) is 0 Å². The van der Waals surface area contributed by atoms with Crippen LogP contribution in [0.3, 0.4) is 0 Å². The quantitative estimate of drug-likeness (QED) is 0.793. The van der Waals surface area contributed by atoms with Gasteiger partial charge in [-0.15, -0.1) is 0 Å². The molecular weight excluding hydrogens is 264 g/mol. The summed E-state index contributed by atoms with van der Waals surface area (Å²) >= 11 is 0. The van der Waals surface area contributed by atoms with Crippen LogP contribution in [-0.4, -0.2) is 29.0 Å². The maximum absolute atomic E-state index is 8.83. The van der Waals surface area contributed by atoms with Gasteiger partial charge in [-0.2, -0.15) is 10.4 Å². The van der Waals surface area contributed by atoms with Crippen LogP contribution in [0.1, 0.15) is 25.5 Å². The van der Waals surface area contributed by atoms with Crippen molar-refractivity contribution in [2.45, 2.75) is 25.9 Å². The molecule has 0 aliphatic heterocycles. The Kier molecular flexibility index (Phi) is 5.35. The van der Waals surface area contributed by atoms with E-state index in [1.54, 1.807) is 18.3 Å². The Labute approximate surface area is 125 Å². The smallest absolute Gasteiger partial charge is 0.120 e. The van der Waals surface area contributed by atoms with Crippen LogP contribution in [0.15, 0.2) is 42.7 Å². The number of hydrogen-bond acceptors (Lipinski definition) is 4. The number of nitriles is 1. The van der Waals surface area contributed by atoms with Gasteiger partial charge in [-0.3, -0.25) is 4.68 Å². The normalized spacial score (nSPS) is 13.4. The molecule has 1 aromatic heterocycles. The molecule has 2 rings (SSSR count). The molecule has 110 valence electrons. The molecule has 0 aliphatic rings. The highest BCUT2D eigenvalue weighted by atomic mass is 16.5. The van der Waals surface area contributed by atoms with Crippen molar-refractivity contribution >= 4 is 0 Å². The van der Waals surface area contributed by atoms with Gasteiger partial charge in [0.2, 0.25) is 0 Å². The van der Waals surface area contributed by atoms with Gasteiger partial charge in [0.15, 0.2) is 0 Å². The van der Waals surface area contributed by atoms with Gasteiger partial charge < -0.3 is 10.1 Å². The maximum Gasteiger partial charge on any atom is 0.120 e. The number of ether oxygens (including phenoxy) is 1. The third-order valence-corrected chi connectivity index (χ3v) is 3.47. The molecule has 2 atom stereocenters. The van der Waals surface area contributed by atoms with Crippen molar-refractivity contribution in [3.05, 3.63) is 48.3 Å². The average Bonchev–Trinajstić information content (AvgIpc) is 3.05. The van der Waals surface area contributed by atoms with Crippen LogP contribution in [0.4, 0.5) is 0 Å². The molecule has 0 amide bonds. The molecule has 1 N–H and O–H groups in total. The Balaban J connectivity index is 1.73. The third kappa shape index (κ3) is 4.33. The second-order valence-electron chi connectivity index (χ2n) is 4.96. The van der Waals surface area contributed by atoms with Crippen molar-refractivity contribution in [3.8, 4) is 11.8 Å². The van der Waals surface area contributed by atoms with Crippen molar-refractivity contribution in [1.29, 1.82) is 5.26 Å². The fourth-order valence-electron chi connectivity index (χ4n) is 2.03. The average molecular weight is 284 g/mol. The number of benzene rings is 1. The first kappa shape index (κ1) is 15.1. The molecule has 0 saturated heterocycles. The van der Waals surface area contributed by atoms with Gasteiger partial charge in [-0.1, -0.05) is 6.07 Å². The van der Waals surface area contributed by atoms with Gasteiger partial charge in [0, 0.05) is 25.0 Å². The minimum atomic E-state index is 0.280. The Bertz CT molecular complexity index is 589. The molecule has 0 aliphatic carbocycles. The van der Waals surface area contributed by atoms with Crippen LogP contribution in [0, 0.1) is 11.3 Å². The first-order valence-electron chi connectivity index (χ1n) is 7.06. The summed E-state index contributed by atoms with van der Waals surface area (Å²) in [5, 5.41) is 16.5. The number of nitrogens with zero attached hydrogens (tertiary/aromatic N) is 3. The molecule has 1 aromatic carbocycles. The predicted octanol–water partition coefficient (Wildman–Crippen LogP) is 2.37. The lowest BCUT2D eigenvalue weighted by molar-refractivity contribution is 0.289. The zero-order valence-corrected chi connectivity index (χ0v) is 12.4. The molecule has 0 radical (unpaired) electrons. The Hall–Kier alpha value is -2.32. The Morgan fingerprint density at radius 1 is 1.38 bits per heavy atom. The van der Waals surface area contributed by atoms with E-state index < -0.39 is 0 Å². The van der Waals surface area contributed by atoms with Crippen LogP contribution >= 0.6 is 0 Å². The minimum absolute atomic E-state index is 0.280. The van der Waals surface area contributed by atoms with Gasteiger partial charge in [0.1, 0.15) is 12.4 Å². The van der Waals surface area contributed by atoms with E-state index in [9.17, 15) is 0 Å². The van der Waals surface area contributed by atoms with E-state index in [0.717, 1.165) is 12.3 Å². The van der Waals surface area contributed by atoms with Crippen LogP contribution in [0.5, 0.6) is 5.75 Å². The summed E-state index contributed by atoms with van der Waals surface area (Å²) in [6, 6.07) is 11.8. The summed E-state index contributed by atoms with van der Waals surface area (Å²) in [5.74, 6) is 0.726. The zero-order chi connectivity index (χ0) is 15.1. The van der Waals surface area contributed by atoms with E-state index in [-0.39, 0.29) is 6.04 Å². The molecule has 0 fully saturated rings. The molecule has 21 heavy (non-hydrogen) atoms. The lowest BCUT2D eigenvalue weighted by atomic mass is 10.2. The summed E-state index contributed by atoms with van der Waals surface area (Å²) in [7, 11) is 0. The molecule has 5 nitrogen and oxygen atoms in total. The first-order valence-corrected chi connectivity index (χ1v) is 7.06. The van der Waals surface area contributed by atoms with Crippen LogP contribution in [0.25, 0.3) is 0 Å². The fraction of sp³-hybridized carbons (Fsp3) is 0.375. The SMILES string of the molecule is C[C@@H](NCCOc1cccc(C#N)c1)[C@H](C)n1cccn1. The Morgan fingerprint density at radius 3 is 2.95 bits per heavy atom.